The van der Waals surface area contributed by atoms with Gasteiger partial charge in [0.2, 0.25) is 0 Å². The van der Waals surface area contributed by atoms with E-state index in [1.165, 1.54) is 0 Å². The third-order valence-electron chi connectivity index (χ3n) is 0.418. The van der Waals surface area contributed by atoms with Crippen LogP contribution >= 0.6 is 8.58 Å². The van der Waals surface area contributed by atoms with Crippen molar-refractivity contribution in [3.05, 3.63) is 0 Å². The Hall–Kier alpha value is 0.390. The van der Waals surface area contributed by atoms with Gasteiger partial charge in [0, 0.05) is 0 Å². The molecule has 1 nitrogen and oxygen atoms in total. The molecule has 0 spiro atoms. The first-order valence-electron chi connectivity index (χ1n) is 1.62. The largest absolute Gasteiger partial charge is 0.389 e. The van der Waals surface area contributed by atoms with Gasteiger partial charge in [0.1, 0.15) is 0 Å². The molecule has 5 heavy (non-hydrogen) atoms. The number of aliphatic hydroxyl groups excluding tert-OH is 1. The Kier molecular flexibility index (Phi) is 2.82. The summed E-state index contributed by atoms with van der Waals surface area (Å²) in [6.45, 7) is 3.77. The predicted molar refractivity (Wildman–Crippen MR) is 25.9 cm³/mol. The Morgan fingerprint density at radius 1 is 1.80 bits per heavy atom. The molecule has 0 rings (SSSR count). The normalized spacial score (nSPS) is 17.4. The molecule has 0 aliphatic heterocycles. The minimum absolute atomic E-state index is 0.0880. The molecule has 0 heterocycles. The minimum atomic E-state index is -0.0880. The maximum absolute atomic E-state index is 8.37. The molecule has 2 atom stereocenters. The Labute approximate surface area is 34.2 Å². The molecule has 0 aliphatic carbocycles. The summed E-state index contributed by atoms with van der Waals surface area (Å²) in [5, 5.41) is 8.37. The minimum Gasteiger partial charge on any atom is -0.389 e. The van der Waals surface area contributed by atoms with Crippen molar-refractivity contribution in [2.75, 3.05) is 6.66 Å². The molecule has 1 N–H and O–H groups in total. The van der Waals surface area contributed by atoms with E-state index in [-0.39, 0.29) is 5.85 Å². The van der Waals surface area contributed by atoms with Crippen LogP contribution in [0, 0.1) is 0 Å². The van der Waals surface area contributed by atoms with Crippen LogP contribution in [-0.2, 0) is 0 Å². The van der Waals surface area contributed by atoms with E-state index in [0.717, 1.165) is 0 Å². The SMILES string of the molecule is CPC(C)O. The van der Waals surface area contributed by atoms with Gasteiger partial charge < -0.3 is 5.11 Å². The monoisotopic (exact) mass is 92.0 g/mol. The second-order valence-electron chi connectivity index (χ2n) is 0.965. The van der Waals surface area contributed by atoms with Crippen molar-refractivity contribution in [1.29, 1.82) is 0 Å². The summed E-state index contributed by atoms with van der Waals surface area (Å²) in [6.07, 6.45) is 0. The molecule has 32 valence electrons. The van der Waals surface area contributed by atoms with E-state index in [2.05, 4.69) is 0 Å². The summed E-state index contributed by atoms with van der Waals surface area (Å²) in [5.41, 5.74) is 0. The number of rotatable bonds is 1. The third kappa shape index (κ3) is 4.39. The van der Waals surface area contributed by atoms with E-state index in [0.29, 0.717) is 8.58 Å². The third-order valence-corrected chi connectivity index (χ3v) is 1.25. The molecule has 0 saturated heterocycles. The van der Waals surface area contributed by atoms with Crippen LogP contribution in [-0.4, -0.2) is 17.6 Å². The molecular formula is C3H9OP. The molecule has 0 aromatic rings. The topological polar surface area (TPSA) is 20.2 Å². The smallest absolute Gasteiger partial charge is 0.0671 e. The fourth-order valence-corrected chi connectivity index (χ4v) is 0. The Balaban J connectivity index is 2.54. The standard InChI is InChI=1S/C3H9OP/c1-3(4)5-2/h3-5H,1-2H3. The van der Waals surface area contributed by atoms with Crippen molar-refractivity contribution < 1.29 is 5.11 Å². The van der Waals surface area contributed by atoms with Crippen molar-refractivity contribution in [1.82, 2.24) is 0 Å². The van der Waals surface area contributed by atoms with Crippen molar-refractivity contribution >= 4 is 8.58 Å². The van der Waals surface area contributed by atoms with Gasteiger partial charge >= 0.3 is 0 Å². The van der Waals surface area contributed by atoms with Crippen molar-refractivity contribution in [3.63, 3.8) is 0 Å². The van der Waals surface area contributed by atoms with E-state index in [9.17, 15) is 0 Å². The average Bonchev–Trinajstić information content (AvgIpc) is 1.38. The highest BCUT2D eigenvalue weighted by Crippen LogP contribution is 2.06. The molecular weight excluding hydrogens is 83.0 g/mol. The lowest BCUT2D eigenvalue weighted by atomic mass is 10.9. The second kappa shape index (κ2) is 2.62. The molecule has 0 fully saturated rings. The molecule has 0 aliphatic rings. The van der Waals surface area contributed by atoms with Crippen molar-refractivity contribution in [2.24, 2.45) is 0 Å². The van der Waals surface area contributed by atoms with E-state index in [1.807, 2.05) is 6.66 Å². The first-order chi connectivity index (χ1) is 2.27. The molecule has 0 bridgehead atoms. The van der Waals surface area contributed by atoms with Crippen LogP contribution in [0.5, 0.6) is 0 Å². The van der Waals surface area contributed by atoms with Crippen LogP contribution in [0.4, 0.5) is 0 Å². The zero-order valence-electron chi connectivity index (χ0n) is 3.52. The van der Waals surface area contributed by atoms with Gasteiger partial charge in [-0.3, -0.25) is 0 Å². The van der Waals surface area contributed by atoms with Gasteiger partial charge in [0.05, 0.1) is 5.85 Å². The van der Waals surface area contributed by atoms with Gasteiger partial charge in [-0.25, -0.2) is 0 Å². The van der Waals surface area contributed by atoms with Gasteiger partial charge in [-0.05, 0) is 13.6 Å². The second-order valence-corrected chi connectivity index (χ2v) is 2.38. The quantitative estimate of drug-likeness (QED) is 0.470. The maximum atomic E-state index is 8.37. The highest BCUT2D eigenvalue weighted by Gasteiger charge is 1.81. The van der Waals surface area contributed by atoms with E-state index >= 15 is 0 Å². The molecule has 2 heteroatoms. The Morgan fingerprint density at radius 2 is 2.00 bits per heavy atom. The fraction of sp³-hybridized carbons (Fsp3) is 1.00. The van der Waals surface area contributed by atoms with Crippen LogP contribution in [0.25, 0.3) is 0 Å². The summed E-state index contributed by atoms with van der Waals surface area (Å²) in [7, 11) is 0.670. The molecule has 0 amide bonds. The average molecular weight is 92.1 g/mol. The first kappa shape index (κ1) is 5.39. The van der Waals surface area contributed by atoms with Crippen LogP contribution in [0.3, 0.4) is 0 Å². The van der Waals surface area contributed by atoms with Crippen LogP contribution in [0.15, 0.2) is 0 Å². The van der Waals surface area contributed by atoms with Crippen molar-refractivity contribution in [3.8, 4) is 0 Å². The Bertz CT molecular complexity index is 20.9. The van der Waals surface area contributed by atoms with Crippen LogP contribution in [0.1, 0.15) is 6.92 Å². The van der Waals surface area contributed by atoms with Gasteiger partial charge in [-0.1, -0.05) is 8.58 Å². The van der Waals surface area contributed by atoms with Crippen LogP contribution < -0.4 is 0 Å². The lowest BCUT2D eigenvalue weighted by Gasteiger charge is -1.91. The Morgan fingerprint density at radius 3 is 2.00 bits per heavy atom. The van der Waals surface area contributed by atoms with E-state index < -0.39 is 0 Å². The summed E-state index contributed by atoms with van der Waals surface area (Å²) < 4.78 is 0. The highest BCUT2D eigenvalue weighted by atomic mass is 31.1. The summed E-state index contributed by atoms with van der Waals surface area (Å²) >= 11 is 0. The number of aliphatic hydroxyl groups is 1. The lowest BCUT2D eigenvalue weighted by Crippen LogP contribution is -1.84. The van der Waals surface area contributed by atoms with Gasteiger partial charge in [-0.2, -0.15) is 0 Å². The molecule has 0 aromatic heterocycles. The summed E-state index contributed by atoms with van der Waals surface area (Å²) in [5.74, 6) is -0.0880. The summed E-state index contributed by atoms with van der Waals surface area (Å²) in [4.78, 5) is 0. The fourth-order valence-electron chi connectivity index (χ4n) is 0. The van der Waals surface area contributed by atoms with Crippen molar-refractivity contribution in [2.45, 2.75) is 12.8 Å². The van der Waals surface area contributed by atoms with E-state index in [1.54, 1.807) is 6.92 Å². The van der Waals surface area contributed by atoms with Gasteiger partial charge in [0.25, 0.3) is 0 Å². The molecule has 0 saturated carbocycles. The molecule has 0 radical (unpaired) electrons. The zero-order chi connectivity index (χ0) is 4.28. The zero-order valence-corrected chi connectivity index (χ0v) is 4.52. The highest BCUT2D eigenvalue weighted by molar-refractivity contribution is 7.37. The maximum Gasteiger partial charge on any atom is 0.0671 e. The van der Waals surface area contributed by atoms with E-state index in [4.69, 9.17) is 5.11 Å². The molecule has 0 aromatic carbocycles. The van der Waals surface area contributed by atoms with Crippen LogP contribution in [0.2, 0.25) is 0 Å². The number of hydrogen-bond donors (Lipinski definition) is 1. The lowest BCUT2D eigenvalue weighted by molar-refractivity contribution is 0.281. The predicted octanol–water partition coefficient (Wildman–Crippen LogP) is 0.633. The first-order valence-corrected chi connectivity index (χ1v) is 3.20. The number of hydrogen-bond acceptors (Lipinski definition) is 1. The summed E-state index contributed by atoms with van der Waals surface area (Å²) in [6, 6.07) is 0. The molecule has 2 unspecified atom stereocenters. The van der Waals surface area contributed by atoms with Gasteiger partial charge in [0.15, 0.2) is 0 Å². The van der Waals surface area contributed by atoms with Gasteiger partial charge in [-0.15, -0.1) is 0 Å².